The predicted octanol–water partition coefficient (Wildman–Crippen LogP) is 3.05. The molecule has 1 nitrogen and oxygen atoms in total. The summed E-state index contributed by atoms with van der Waals surface area (Å²) in [6, 6.07) is 0.762. The third-order valence-corrected chi connectivity index (χ3v) is 4.09. The molecule has 0 aromatic heterocycles. The lowest BCUT2D eigenvalue weighted by atomic mass is 9.78. The predicted molar refractivity (Wildman–Crippen MR) is 56.8 cm³/mol. The molecule has 0 amide bonds. The van der Waals surface area contributed by atoms with Crippen LogP contribution in [0.5, 0.6) is 0 Å². The number of hydrogen-bond donors (Lipinski definition) is 0. The Morgan fingerprint density at radius 3 is 2.23 bits per heavy atom. The summed E-state index contributed by atoms with van der Waals surface area (Å²) in [4.78, 5) is 2.69. The van der Waals surface area contributed by atoms with Gasteiger partial charge in [-0.1, -0.05) is 12.8 Å². The van der Waals surface area contributed by atoms with Crippen molar-refractivity contribution in [2.24, 2.45) is 5.41 Å². The smallest absolute Gasteiger partial charge is 0.00407 e. The zero-order valence-corrected chi connectivity index (χ0v) is 9.18. The summed E-state index contributed by atoms with van der Waals surface area (Å²) in [5, 5.41) is 0. The highest BCUT2D eigenvalue weighted by Gasteiger charge is 2.38. The zero-order valence-electron chi connectivity index (χ0n) is 9.18. The normalized spacial score (nSPS) is 28.8. The molecule has 1 spiro atoms. The van der Waals surface area contributed by atoms with E-state index in [1.165, 1.54) is 51.6 Å². The molecule has 1 aliphatic heterocycles. The van der Waals surface area contributed by atoms with Gasteiger partial charge in [-0.3, -0.25) is 0 Å². The van der Waals surface area contributed by atoms with E-state index >= 15 is 0 Å². The fourth-order valence-corrected chi connectivity index (χ4v) is 3.22. The Hall–Kier alpha value is -0.0400. The van der Waals surface area contributed by atoms with Gasteiger partial charge in [-0.05, 0) is 51.5 Å². The van der Waals surface area contributed by atoms with Crippen LogP contribution in [-0.2, 0) is 0 Å². The average molecular weight is 181 g/mol. The second-order valence-corrected chi connectivity index (χ2v) is 5.37. The Labute approximate surface area is 82.5 Å². The van der Waals surface area contributed by atoms with E-state index in [1.54, 1.807) is 0 Å². The van der Waals surface area contributed by atoms with Crippen molar-refractivity contribution in [2.75, 3.05) is 13.1 Å². The first-order valence-corrected chi connectivity index (χ1v) is 5.96. The number of rotatable bonds is 1. The fourth-order valence-electron chi connectivity index (χ4n) is 3.22. The second kappa shape index (κ2) is 3.61. The quantitative estimate of drug-likeness (QED) is 0.601. The standard InChI is InChI=1S/C12H23N/c1-11(2)13-9-5-8-12(10-13)6-3-4-7-12/h11H,3-10H2,1-2H3. The Balaban J connectivity index is 1.98. The van der Waals surface area contributed by atoms with E-state index in [0.29, 0.717) is 0 Å². The van der Waals surface area contributed by atoms with Gasteiger partial charge in [0.05, 0.1) is 0 Å². The van der Waals surface area contributed by atoms with Gasteiger partial charge in [-0.2, -0.15) is 0 Å². The minimum Gasteiger partial charge on any atom is -0.300 e. The minimum absolute atomic E-state index is 0.752. The molecule has 0 aromatic carbocycles. The molecule has 2 aliphatic rings. The fraction of sp³-hybridized carbons (Fsp3) is 1.00. The number of likely N-dealkylation sites (tertiary alicyclic amines) is 1. The van der Waals surface area contributed by atoms with E-state index < -0.39 is 0 Å². The van der Waals surface area contributed by atoms with Gasteiger partial charge in [0, 0.05) is 12.6 Å². The van der Waals surface area contributed by atoms with Crippen LogP contribution in [0.1, 0.15) is 52.4 Å². The Morgan fingerprint density at radius 2 is 1.62 bits per heavy atom. The molecular weight excluding hydrogens is 158 g/mol. The van der Waals surface area contributed by atoms with Crippen molar-refractivity contribution in [3.05, 3.63) is 0 Å². The summed E-state index contributed by atoms with van der Waals surface area (Å²) in [7, 11) is 0. The first-order valence-electron chi connectivity index (χ1n) is 5.96. The molecular formula is C12H23N. The van der Waals surface area contributed by atoms with Crippen LogP contribution in [0.25, 0.3) is 0 Å². The van der Waals surface area contributed by atoms with E-state index in [2.05, 4.69) is 18.7 Å². The van der Waals surface area contributed by atoms with E-state index in [-0.39, 0.29) is 0 Å². The van der Waals surface area contributed by atoms with E-state index in [4.69, 9.17) is 0 Å². The van der Waals surface area contributed by atoms with Crippen LogP contribution in [0.2, 0.25) is 0 Å². The lowest BCUT2D eigenvalue weighted by molar-refractivity contribution is 0.0703. The van der Waals surface area contributed by atoms with E-state index in [9.17, 15) is 0 Å². The largest absolute Gasteiger partial charge is 0.300 e. The summed E-state index contributed by atoms with van der Waals surface area (Å²) in [5.74, 6) is 0. The van der Waals surface area contributed by atoms with Gasteiger partial charge < -0.3 is 4.90 Å². The number of nitrogens with zero attached hydrogens (tertiary/aromatic N) is 1. The molecule has 0 bridgehead atoms. The zero-order chi connectivity index (χ0) is 9.31. The highest BCUT2D eigenvalue weighted by Crippen LogP contribution is 2.44. The van der Waals surface area contributed by atoms with Crippen LogP contribution in [0.4, 0.5) is 0 Å². The van der Waals surface area contributed by atoms with Gasteiger partial charge >= 0.3 is 0 Å². The summed E-state index contributed by atoms with van der Waals surface area (Å²) in [6.45, 7) is 7.42. The summed E-state index contributed by atoms with van der Waals surface area (Å²) in [5.41, 5.74) is 0.752. The van der Waals surface area contributed by atoms with Crippen molar-refractivity contribution < 1.29 is 0 Å². The maximum absolute atomic E-state index is 2.69. The highest BCUT2D eigenvalue weighted by molar-refractivity contribution is 4.91. The average Bonchev–Trinajstić information content (AvgIpc) is 2.53. The van der Waals surface area contributed by atoms with Gasteiger partial charge in [-0.25, -0.2) is 0 Å². The molecule has 0 unspecified atom stereocenters. The summed E-state index contributed by atoms with van der Waals surface area (Å²) < 4.78 is 0. The Morgan fingerprint density at radius 1 is 1.00 bits per heavy atom. The van der Waals surface area contributed by atoms with Gasteiger partial charge in [-0.15, -0.1) is 0 Å². The van der Waals surface area contributed by atoms with Gasteiger partial charge in [0.1, 0.15) is 0 Å². The van der Waals surface area contributed by atoms with Crippen molar-refractivity contribution >= 4 is 0 Å². The minimum atomic E-state index is 0.752. The molecule has 0 radical (unpaired) electrons. The summed E-state index contributed by atoms with van der Waals surface area (Å²) >= 11 is 0. The van der Waals surface area contributed by atoms with Crippen molar-refractivity contribution in [2.45, 2.75) is 58.4 Å². The monoisotopic (exact) mass is 181 g/mol. The molecule has 2 rings (SSSR count). The molecule has 2 fully saturated rings. The first-order chi connectivity index (χ1) is 6.22. The highest BCUT2D eigenvalue weighted by atomic mass is 15.2. The molecule has 0 aromatic rings. The van der Waals surface area contributed by atoms with Crippen LogP contribution in [0, 0.1) is 5.41 Å². The lowest BCUT2D eigenvalue weighted by Crippen LogP contribution is -2.45. The Kier molecular flexibility index (Phi) is 2.64. The SMILES string of the molecule is CC(C)N1CCCC2(CCCC2)C1. The lowest BCUT2D eigenvalue weighted by Gasteiger charge is -2.42. The molecule has 76 valence electrons. The van der Waals surface area contributed by atoms with Gasteiger partial charge in [0.25, 0.3) is 0 Å². The second-order valence-electron chi connectivity index (χ2n) is 5.37. The third-order valence-electron chi connectivity index (χ3n) is 4.09. The molecule has 0 N–H and O–H groups in total. The summed E-state index contributed by atoms with van der Waals surface area (Å²) in [6.07, 6.45) is 8.96. The third kappa shape index (κ3) is 1.90. The molecule has 1 heteroatoms. The van der Waals surface area contributed by atoms with Crippen LogP contribution in [-0.4, -0.2) is 24.0 Å². The van der Waals surface area contributed by atoms with Crippen molar-refractivity contribution in [3.8, 4) is 0 Å². The van der Waals surface area contributed by atoms with Gasteiger partial charge in [0.2, 0.25) is 0 Å². The van der Waals surface area contributed by atoms with Gasteiger partial charge in [0.15, 0.2) is 0 Å². The van der Waals surface area contributed by atoms with Crippen LogP contribution in [0.3, 0.4) is 0 Å². The maximum atomic E-state index is 2.69. The maximum Gasteiger partial charge on any atom is 0.00407 e. The van der Waals surface area contributed by atoms with Crippen molar-refractivity contribution in [1.82, 2.24) is 4.90 Å². The van der Waals surface area contributed by atoms with Crippen molar-refractivity contribution in [3.63, 3.8) is 0 Å². The van der Waals surface area contributed by atoms with Crippen LogP contribution >= 0.6 is 0 Å². The topological polar surface area (TPSA) is 3.24 Å². The van der Waals surface area contributed by atoms with E-state index in [0.717, 1.165) is 11.5 Å². The molecule has 1 saturated carbocycles. The first kappa shape index (κ1) is 9.51. The van der Waals surface area contributed by atoms with E-state index in [1.807, 2.05) is 0 Å². The molecule has 13 heavy (non-hydrogen) atoms. The molecule has 1 saturated heterocycles. The molecule has 1 aliphatic carbocycles. The molecule has 1 heterocycles. The van der Waals surface area contributed by atoms with Crippen molar-refractivity contribution in [1.29, 1.82) is 0 Å². The molecule has 0 atom stereocenters. The number of hydrogen-bond acceptors (Lipinski definition) is 1. The van der Waals surface area contributed by atoms with Crippen LogP contribution < -0.4 is 0 Å². The Bertz CT molecular complexity index is 168. The number of piperidine rings is 1. The van der Waals surface area contributed by atoms with Crippen LogP contribution in [0.15, 0.2) is 0 Å².